The van der Waals surface area contributed by atoms with Gasteiger partial charge in [-0.1, -0.05) is 60.7 Å². The number of carbonyl (C=O) groups is 2. The minimum Gasteiger partial charge on any atom is -0.384 e. The second kappa shape index (κ2) is 31.3. The van der Waals surface area contributed by atoms with Crippen LogP contribution in [0.5, 0.6) is 0 Å². The number of ether oxygens (including phenoxy) is 4. The zero-order valence-electron chi connectivity index (χ0n) is 45.7. The molecule has 2 amide bonds. The molecule has 4 heterocycles. The van der Waals surface area contributed by atoms with Crippen LogP contribution in [0.3, 0.4) is 0 Å². The molecule has 0 saturated carbocycles. The van der Waals surface area contributed by atoms with E-state index in [1.165, 1.54) is 0 Å². The maximum atomic E-state index is 13.5. The fraction of sp³-hybridized carbons (Fsp3) is 0.404. The molecule has 24 heteroatoms. The highest BCUT2D eigenvalue weighted by Crippen LogP contribution is 2.34. The van der Waals surface area contributed by atoms with Crippen LogP contribution in [0.15, 0.2) is 84.9 Å². The number of anilines is 8. The fourth-order valence-corrected chi connectivity index (χ4v) is 9.02. The van der Waals surface area contributed by atoms with Gasteiger partial charge >= 0.3 is 0 Å². The van der Waals surface area contributed by atoms with Gasteiger partial charge in [0.15, 0.2) is 0 Å². The Labute approximate surface area is 470 Å². The first-order valence-corrected chi connectivity index (χ1v) is 27.7. The topological polar surface area (TPSA) is 350 Å². The fourth-order valence-electron chi connectivity index (χ4n) is 9.02. The molecular formula is C57H74N18O6. The molecule has 428 valence electrons. The largest absolute Gasteiger partial charge is 0.384 e. The van der Waals surface area contributed by atoms with Crippen molar-refractivity contribution < 1.29 is 28.5 Å². The Kier molecular flexibility index (Phi) is 22.6. The molecule has 0 aliphatic heterocycles. The van der Waals surface area contributed by atoms with Crippen molar-refractivity contribution in [3.05, 3.63) is 96.1 Å². The number of carbonyl (C=O) groups excluding carboxylic acids is 2. The molecule has 4 aromatic carbocycles. The molecule has 0 unspecified atom stereocenters. The van der Waals surface area contributed by atoms with Crippen LogP contribution in [0, 0.1) is 0 Å². The number of para-hydroxylation sites is 4. The maximum Gasteiger partial charge on any atom is 0.253 e. The summed E-state index contributed by atoms with van der Waals surface area (Å²) in [6, 6.07) is 27.3. The van der Waals surface area contributed by atoms with Gasteiger partial charge in [0.2, 0.25) is 35.7 Å². The third kappa shape index (κ3) is 17.7. The molecule has 0 aliphatic rings. The average Bonchev–Trinajstić information content (AvgIpc) is 3.54. The van der Waals surface area contributed by atoms with E-state index < -0.39 is 0 Å². The molecule has 0 bridgehead atoms. The summed E-state index contributed by atoms with van der Waals surface area (Å²) in [6.45, 7) is 8.25. The predicted octanol–water partition coefficient (Wildman–Crippen LogP) is 6.57. The molecule has 8 rings (SSSR count). The summed E-state index contributed by atoms with van der Waals surface area (Å²) in [4.78, 5) is 60.6. The Morgan fingerprint density at radius 2 is 0.679 bits per heavy atom. The highest BCUT2D eigenvalue weighted by atomic mass is 16.5. The number of hydrogen-bond acceptors (Lipinski definition) is 22. The number of pyridine rings is 2. The first-order chi connectivity index (χ1) is 39.7. The zero-order valence-corrected chi connectivity index (χ0v) is 45.7. The quantitative estimate of drug-likeness (QED) is 0.0146. The van der Waals surface area contributed by atoms with Gasteiger partial charge in [-0.2, -0.15) is 29.9 Å². The number of nitrogen functional groups attached to an aromatic ring is 4. The smallest absolute Gasteiger partial charge is 0.253 e. The van der Waals surface area contributed by atoms with Crippen molar-refractivity contribution in [1.29, 1.82) is 0 Å². The molecule has 0 spiro atoms. The standard InChI is InChI=1S/C57H74N18O6/c58-52-70-53(59)73-56(72-52)66-26-7-5-24-62-46-38-16-1-3-22-44(38)68-48-40(46)18-9-20-42(48)50(76)64-28-11-30-78-32-13-34-80-36-15-37-81-35-14-33-79-31-12-29-65-51(77)43-21-10-19-41-47(39-17-2-4-23-45(39)69-49(41)43)63-25-6-8-27-67-57-74-54(60)71-55(61)75-57/h1-4,9-10,16-23H,5-8,11-15,24-37H2,(H,62,68)(H,63,69)(H,64,76)(H,65,77)(H5,58,59,66,70,72,73)(H5,60,61,67,71,74,75). The Morgan fingerprint density at radius 1 is 0.346 bits per heavy atom. The molecule has 0 fully saturated rings. The molecule has 14 N–H and O–H groups in total. The van der Waals surface area contributed by atoms with E-state index in [-0.39, 0.29) is 35.6 Å². The van der Waals surface area contributed by atoms with Gasteiger partial charge in [-0.25, -0.2) is 9.97 Å². The first-order valence-electron chi connectivity index (χ1n) is 27.7. The predicted molar refractivity (Wildman–Crippen MR) is 319 cm³/mol. The number of benzene rings is 4. The van der Waals surface area contributed by atoms with Gasteiger partial charge in [-0.3, -0.25) is 9.59 Å². The molecular weight excluding hydrogens is 1030 g/mol. The number of nitrogens with two attached hydrogens (primary N) is 4. The van der Waals surface area contributed by atoms with Crippen LogP contribution < -0.4 is 54.8 Å². The highest BCUT2D eigenvalue weighted by molar-refractivity contribution is 6.15. The highest BCUT2D eigenvalue weighted by Gasteiger charge is 2.18. The number of nitrogens with zero attached hydrogens (tertiary/aromatic N) is 8. The number of rotatable bonds is 36. The first kappa shape index (κ1) is 58.6. The van der Waals surface area contributed by atoms with E-state index in [9.17, 15) is 9.59 Å². The maximum absolute atomic E-state index is 13.5. The van der Waals surface area contributed by atoms with Crippen molar-refractivity contribution >= 4 is 102 Å². The van der Waals surface area contributed by atoms with Crippen LogP contribution in [0.1, 0.15) is 78.5 Å². The Balaban J connectivity index is 0.625. The van der Waals surface area contributed by atoms with Gasteiger partial charge in [-0.05, 0) is 82.1 Å². The van der Waals surface area contributed by atoms with Crippen LogP contribution in [0.25, 0.3) is 43.6 Å². The summed E-state index contributed by atoms with van der Waals surface area (Å²) in [5.74, 6) is 0.642. The second-order valence-corrected chi connectivity index (χ2v) is 19.0. The molecule has 81 heavy (non-hydrogen) atoms. The Hall–Kier alpha value is -8.58. The van der Waals surface area contributed by atoms with E-state index >= 15 is 0 Å². The number of unbranched alkanes of at least 4 members (excludes halogenated alkanes) is 2. The van der Waals surface area contributed by atoms with Crippen LogP contribution in [-0.2, 0) is 18.9 Å². The molecule has 0 saturated heterocycles. The molecule has 0 aliphatic carbocycles. The average molecular weight is 1110 g/mol. The summed E-state index contributed by atoms with van der Waals surface area (Å²) < 4.78 is 23.2. The SMILES string of the molecule is Nc1nc(N)nc(NCCCCNc2c3ccccc3nc3c(C(=O)NCCCOCCCOCCCOCCCOCCCNC(=O)c4cccc5c(NCCCCNc6nc(N)nc(N)n6)c6ccccc6nc45)cccc23)n1. The van der Waals surface area contributed by atoms with Crippen LogP contribution in [-0.4, -0.2) is 144 Å². The lowest BCUT2D eigenvalue weighted by molar-refractivity contribution is 0.0537. The van der Waals surface area contributed by atoms with Crippen molar-refractivity contribution in [3.63, 3.8) is 0 Å². The van der Waals surface area contributed by atoms with Crippen molar-refractivity contribution in [2.45, 2.75) is 57.8 Å². The number of hydrogen-bond donors (Lipinski definition) is 10. The van der Waals surface area contributed by atoms with Crippen molar-refractivity contribution in [2.24, 2.45) is 0 Å². The van der Waals surface area contributed by atoms with Crippen LogP contribution >= 0.6 is 0 Å². The second-order valence-electron chi connectivity index (χ2n) is 19.0. The Bertz CT molecular complexity index is 3060. The third-order valence-corrected chi connectivity index (χ3v) is 12.9. The lowest BCUT2D eigenvalue weighted by Gasteiger charge is -2.15. The molecule has 24 nitrogen and oxygen atoms in total. The van der Waals surface area contributed by atoms with E-state index in [1.54, 1.807) is 0 Å². The number of amides is 2. The van der Waals surface area contributed by atoms with E-state index in [0.29, 0.717) is 139 Å². The van der Waals surface area contributed by atoms with Crippen LogP contribution in [0.2, 0.25) is 0 Å². The third-order valence-electron chi connectivity index (χ3n) is 12.9. The summed E-state index contributed by atoms with van der Waals surface area (Å²) in [5.41, 5.74) is 28.5. The van der Waals surface area contributed by atoms with Crippen molar-refractivity contribution in [3.8, 4) is 0 Å². The van der Waals surface area contributed by atoms with Crippen LogP contribution in [0.4, 0.5) is 47.1 Å². The molecule has 0 atom stereocenters. The van der Waals surface area contributed by atoms with Gasteiger partial charge in [0.1, 0.15) is 0 Å². The summed E-state index contributed by atoms with van der Waals surface area (Å²) in [6.07, 6.45) is 7.11. The van der Waals surface area contributed by atoms with Crippen molar-refractivity contribution in [2.75, 3.05) is 136 Å². The number of aromatic nitrogens is 8. The normalized spacial score (nSPS) is 11.4. The van der Waals surface area contributed by atoms with Crippen molar-refractivity contribution in [1.82, 2.24) is 50.5 Å². The zero-order chi connectivity index (χ0) is 56.4. The lowest BCUT2D eigenvalue weighted by atomic mass is 10.0. The molecule has 8 aromatic rings. The van der Waals surface area contributed by atoms with Gasteiger partial charge in [0.25, 0.3) is 11.8 Å². The monoisotopic (exact) mass is 1110 g/mol. The Morgan fingerprint density at radius 3 is 1.06 bits per heavy atom. The minimum atomic E-state index is -0.178. The minimum absolute atomic E-state index is 0.0740. The van der Waals surface area contributed by atoms with Gasteiger partial charge in [0, 0.05) is 114 Å². The summed E-state index contributed by atoms with van der Waals surface area (Å²) in [7, 11) is 0. The van der Waals surface area contributed by atoms with E-state index in [4.69, 9.17) is 51.9 Å². The van der Waals surface area contributed by atoms with Gasteiger partial charge in [-0.15, -0.1) is 0 Å². The van der Waals surface area contributed by atoms with Gasteiger partial charge in [0.05, 0.1) is 44.6 Å². The summed E-state index contributed by atoms with van der Waals surface area (Å²) >= 11 is 0. The van der Waals surface area contributed by atoms with E-state index in [1.807, 2.05) is 84.9 Å². The number of nitrogens with one attached hydrogen (secondary N) is 6. The van der Waals surface area contributed by atoms with Gasteiger partial charge < -0.3 is 73.8 Å². The van der Waals surface area contributed by atoms with E-state index in [2.05, 4.69) is 61.8 Å². The molecule has 0 radical (unpaired) electrons. The summed E-state index contributed by atoms with van der Waals surface area (Å²) in [5, 5.41) is 23.3. The number of fused-ring (bicyclic) bond motifs is 4. The molecule has 4 aromatic heterocycles. The van der Waals surface area contributed by atoms with E-state index in [0.717, 1.165) is 88.9 Å². The lowest BCUT2D eigenvalue weighted by Crippen LogP contribution is -2.25.